The molecule has 17 heavy (non-hydrogen) atoms. The fraction of sp³-hybridized carbons (Fsp3) is 1.00. The Hall–Kier alpha value is -0.0800. The molecule has 0 aromatic rings. The molecule has 0 spiro atoms. The van der Waals surface area contributed by atoms with Crippen LogP contribution >= 0.6 is 0 Å². The van der Waals surface area contributed by atoms with Crippen LogP contribution in [0.25, 0.3) is 0 Å². The van der Waals surface area contributed by atoms with Crippen LogP contribution in [0.3, 0.4) is 0 Å². The molecule has 0 aliphatic heterocycles. The molecule has 1 saturated carbocycles. The van der Waals surface area contributed by atoms with Gasteiger partial charge in [0, 0.05) is 25.7 Å². The van der Waals surface area contributed by atoms with Crippen molar-refractivity contribution >= 4 is 0 Å². The SMILES string of the molecule is CCN(CC(C)C)CC(C)(CC)CNC1CC1. The van der Waals surface area contributed by atoms with Crippen molar-refractivity contribution in [1.29, 1.82) is 0 Å². The maximum atomic E-state index is 3.70. The summed E-state index contributed by atoms with van der Waals surface area (Å²) in [5.41, 5.74) is 0.438. The number of rotatable bonds is 9. The topological polar surface area (TPSA) is 15.3 Å². The van der Waals surface area contributed by atoms with Crippen molar-refractivity contribution < 1.29 is 0 Å². The first kappa shape index (κ1) is 15.0. The van der Waals surface area contributed by atoms with E-state index in [0.717, 1.165) is 12.0 Å². The highest BCUT2D eigenvalue weighted by molar-refractivity contribution is 4.86. The lowest BCUT2D eigenvalue weighted by Gasteiger charge is -2.35. The Kier molecular flexibility index (Phi) is 5.94. The predicted molar refractivity (Wildman–Crippen MR) is 76.4 cm³/mol. The zero-order chi connectivity index (χ0) is 12.9. The first-order valence-electron chi connectivity index (χ1n) is 7.45. The lowest BCUT2D eigenvalue weighted by molar-refractivity contribution is 0.147. The van der Waals surface area contributed by atoms with Gasteiger partial charge in [-0.25, -0.2) is 0 Å². The molecule has 2 heteroatoms. The number of nitrogens with one attached hydrogen (secondary N) is 1. The van der Waals surface area contributed by atoms with Gasteiger partial charge < -0.3 is 10.2 Å². The smallest absolute Gasteiger partial charge is 0.00684 e. The van der Waals surface area contributed by atoms with Gasteiger partial charge in [0.05, 0.1) is 0 Å². The lowest BCUT2D eigenvalue weighted by Crippen LogP contribution is -2.43. The third-order valence-corrected chi connectivity index (χ3v) is 3.92. The second-order valence-electron chi connectivity index (χ2n) is 6.54. The minimum atomic E-state index is 0.438. The van der Waals surface area contributed by atoms with Gasteiger partial charge in [0.1, 0.15) is 0 Å². The molecule has 1 atom stereocenters. The molecule has 1 aliphatic carbocycles. The molecule has 1 fully saturated rings. The molecule has 0 aromatic carbocycles. The van der Waals surface area contributed by atoms with Gasteiger partial charge in [0.25, 0.3) is 0 Å². The van der Waals surface area contributed by atoms with Crippen molar-refractivity contribution in [2.24, 2.45) is 11.3 Å². The minimum Gasteiger partial charge on any atom is -0.313 e. The highest BCUT2D eigenvalue weighted by atomic mass is 15.1. The molecule has 2 nitrogen and oxygen atoms in total. The van der Waals surface area contributed by atoms with Gasteiger partial charge >= 0.3 is 0 Å². The van der Waals surface area contributed by atoms with Crippen molar-refractivity contribution in [2.75, 3.05) is 26.2 Å². The molecule has 102 valence electrons. The average molecular weight is 240 g/mol. The maximum Gasteiger partial charge on any atom is 0.00684 e. The summed E-state index contributed by atoms with van der Waals surface area (Å²) in [6, 6.07) is 0.834. The first-order chi connectivity index (χ1) is 7.99. The summed E-state index contributed by atoms with van der Waals surface area (Å²) < 4.78 is 0. The highest BCUT2D eigenvalue weighted by Gasteiger charge is 2.28. The van der Waals surface area contributed by atoms with E-state index < -0.39 is 0 Å². The van der Waals surface area contributed by atoms with Crippen LogP contribution in [0.15, 0.2) is 0 Å². The van der Waals surface area contributed by atoms with Crippen LogP contribution in [0.4, 0.5) is 0 Å². The summed E-state index contributed by atoms with van der Waals surface area (Å²) in [5, 5.41) is 3.70. The number of hydrogen-bond acceptors (Lipinski definition) is 2. The third kappa shape index (κ3) is 5.87. The summed E-state index contributed by atoms with van der Waals surface area (Å²) in [5.74, 6) is 0.771. The van der Waals surface area contributed by atoms with E-state index >= 15 is 0 Å². The van der Waals surface area contributed by atoms with Gasteiger partial charge in [0.2, 0.25) is 0 Å². The van der Waals surface area contributed by atoms with Crippen molar-refractivity contribution in [3.05, 3.63) is 0 Å². The van der Waals surface area contributed by atoms with Gasteiger partial charge in [-0.2, -0.15) is 0 Å². The molecule has 0 aromatic heterocycles. The molecule has 0 bridgehead atoms. The summed E-state index contributed by atoms with van der Waals surface area (Å²) in [4.78, 5) is 2.61. The van der Waals surface area contributed by atoms with Crippen LogP contribution in [-0.2, 0) is 0 Å². The summed E-state index contributed by atoms with van der Waals surface area (Å²) in [7, 11) is 0. The summed E-state index contributed by atoms with van der Waals surface area (Å²) in [6.45, 7) is 16.5. The molecule has 1 aliphatic rings. The molecule has 0 heterocycles. The second-order valence-corrected chi connectivity index (χ2v) is 6.54. The van der Waals surface area contributed by atoms with E-state index in [1.54, 1.807) is 0 Å². The Morgan fingerprint density at radius 3 is 2.35 bits per heavy atom. The van der Waals surface area contributed by atoms with Crippen LogP contribution in [-0.4, -0.2) is 37.1 Å². The van der Waals surface area contributed by atoms with Crippen LogP contribution in [0.2, 0.25) is 0 Å². The Labute approximate surface area is 108 Å². The van der Waals surface area contributed by atoms with Crippen LogP contribution in [0, 0.1) is 11.3 Å². The Morgan fingerprint density at radius 2 is 1.94 bits per heavy atom. The number of hydrogen-bond donors (Lipinski definition) is 1. The monoisotopic (exact) mass is 240 g/mol. The van der Waals surface area contributed by atoms with E-state index in [1.807, 2.05) is 0 Å². The molecule has 0 saturated heterocycles. The van der Waals surface area contributed by atoms with Gasteiger partial charge in [-0.05, 0) is 37.1 Å². The Morgan fingerprint density at radius 1 is 1.29 bits per heavy atom. The van der Waals surface area contributed by atoms with E-state index in [2.05, 4.69) is 44.8 Å². The quantitative estimate of drug-likeness (QED) is 0.666. The fourth-order valence-electron chi connectivity index (χ4n) is 2.33. The van der Waals surface area contributed by atoms with E-state index in [0.29, 0.717) is 5.41 Å². The normalized spacial score (nSPS) is 19.9. The summed E-state index contributed by atoms with van der Waals surface area (Å²) in [6.07, 6.45) is 4.05. The fourth-order valence-corrected chi connectivity index (χ4v) is 2.33. The van der Waals surface area contributed by atoms with E-state index in [9.17, 15) is 0 Å². The van der Waals surface area contributed by atoms with Crippen molar-refractivity contribution in [3.8, 4) is 0 Å². The zero-order valence-electron chi connectivity index (χ0n) is 12.6. The van der Waals surface area contributed by atoms with Crippen molar-refractivity contribution in [3.63, 3.8) is 0 Å². The molecule has 0 amide bonds. The molecular formula is C15H32N2. The van der Waals surface area contributed by atoms with E-state index in [1.165, 1.54) is 45.4 Å². The van der Waals surface area contributed by atoms with Crippen LogP contribution in [0.1, 0.15) is 53.9 Å². The molecule has 1 unspecified atom stereocenters. The number of nitrogens with zero attached hydrogens (tertiary/aromatic N) is 1. The second kappa shape index (κ2) is 6.75. The predicted octanol–water partition coefficient (Wildman–Crippen LogP) is 3.13. The Bertz CT molecular complexity index is 211. The first-order valence-corrected chi connectivity index (χ1v) is 7.45. The maximum absolute atomic E-state index is 3.70. The molecular weight excluding hydrogens is 208 g/mol. The largest absolute Gasteiger partial charge is 0.313 e. The summed E-state index contributed by atoms with van der Waals surface area (Å²) >= 11 is 0. The minimum absolute atomic E-state index is 0.438. The lowest BCUT2D eigenvalue weighted by atomic mass is 9.86. The van der Waals surface area contributed by atoms with E-state index in [4.69, 9.17) is 0 Å². The van der Waals surface area contributed by atoms with E-state index in [-0.39, 0.29) is 0 Å². The molecule has 1 rings (SSSR count). The molecule has 0 radical (unpaired) electrons. The molecule has 1 N–H and O–H groups in total. The third-order valence-electron chi connectivity index (χ3n) is 3.92. The van der Waals surface area contributed by atoms with Gasteiger partial charge in [-0.15, -0.1) is 0 Å². The average Bonchev–Trinajstić information content (AvgIpc) is 3.09. The van der Waals surface area contributed by atoms with Gasteiger partial charge in [-0.3, -0.25) is 0 Å². The Balaban J connectivity index is 2.39. The van der Waals surface area contributed by atoms with Gasteiger partial charge in [-0.1, -0.05) is 34.6 Å². The van der Waals surface area contributed by atoms with Crippen molar-refractivity contribution in [2.45, 2.75) is 59.9 Å². The zero-order valence-corrected chi connectivity index (χ0v) is 12.6. The van der Waals surface area contributed by atoms with Crippen LogP contribution < -0.4 is 5.32 Å². The van der Waals surface area contributed by atoms with Gasteiger partial charge in [0.15, 0.2) is 0 Å². The standard InChI is InChI=1S/C15H32N2/c1-6-15(5,11-16-14-8-9-14)12-17(7-2)10-13(3)4/h13-14,16H,6-12H2,1-5H3. The van der Waals surface area contributed by atoms with Crippen LogP contribution in [0.5, 0.6) is 0 Å². The highest BCUT2D eigenvalue weighted by Crippen LogP contribution is 2.25. The van der Waals surface area contributed by atoms with Crippen molar-refractivity contribution in [1.82, 2.24) is 10.2 Å².